The second-order valence-electron chi connectivity index (χ2n) is 4.57. The zero-order chi connectivity index (χ0) is 12.9. The average Bonchev–Trinajstić information content (AvgIpc) is 2.30. The third-order valence-corrected chi connectivity index (χ3v) is 3.00. The lowest BCUT2D eigenvalue weighted by molar-refractivity contribution is 0.510. The van der Waals surface area contributed by atoms with Crippen LogP contribution >= 0.6 is 11.6 Å². The summed E-state index contributed by atoms with van der Waals surface area (Å²) in [6.45, 7) is 5.14. The van der Waals surface area contributed by atoms with Crippen molar-refractivity contribution in [1.29, 1.82) is 0 Å². The summed E-state index contributed by atoms with van der Waals surface area (Å²) in [5.74, 6) is 0.792. The van der Waals surface area contributed by atoms with Crippen LogP contribution in [0.1, 0.15) is 19.4 Å². The van der Waals surface area contributed by atoms with Gasteiger partial charge in [0.05, 0.1) is 0 Å². The van der Waals surface area contributed by atoms with Crippen molar-refractivity contribution in [3.63, 3.8) is 0 Å². The molecule has 2 N–H and O–H groups in total. The van der Waals surface area contributed by atoms with Crippen molar-refractivity contribution in [2.24, 2.45) is 4.99 Å². The van der Waals surface area contributed by atoms with Gasteiger partial charge in [0.15, 0.2) is 5.96 Å². The summed E-state index contributed by atoms with van der Waals surface area (Å²) < 4.78 is 0. The van der Waals surface area contributed by atoms with Crippen LogP contribution in [0.15, 0.2) is 29.3 Å². The summed E-state index contributed by atoms with van der Waals surface area (Å²) in [4.78, 5) is 4.09. The first kappa shape index (κ1) is 13.8. The van der Waals surface area contributed by atoms with Crippen molar-refractivity contribution in [2.75, 3.05) is 20.6 Å². The van der Waals surface area contributed by atoms with Gasteiger partial charge in [0.2, 0.25) is 0 Å². The number of hydrogen-bond donors (Lipinski definition) is 2. The van der Waals surface area contributed by atoms with Gasteiger partial charge in [0.25, 0.3) is 0 Å². The number of hydrogen-bond acceptors (Lipinski definition) is 1. The molecule has 0 saturated heterocycles. The second kappa shape index (κ2) is 5.92. The molecule has 0 aliphatic rings. The van der Waals surface area contributed by atoms with Crippen LogP contribution in [0.3, 0.4) is 0 Å². The van der Waals surface area contributed by atoms with Gasteiger partial charge >= 0.3 is 0 Å². The molecule has 0 aliphatic carbocycles. The van der Waals surface area contributed by atoms with Crippen LogP contribution in [-0.4, -0.2) is 26.6 Å². The van der Waals surface area contributed by atoms with Crippen molar-refractivity contribution < 1.29 is 0 Å². The Labute approximate surface area is 108 Å². The van der Waals surface area contributed by atoms with Gasteiger partial charge in [-0.2, -0.15) is 0 Å². The second-order valence-corrected chi connectivity index (χ2v) is 5.01. The number of nitrogens with zero attached hydrogens (tertiary/aromatic N) is 1. The van der Waals surface area contributed by atoms with E-state index < -0.39 is 0 Å². The molecule has 1 rings (SSSR count). The van der Waals surface area contributed by atoms with Crippen LogP contribution in [0.4, 0.5) is 0 Å². The van der Waals surface area contributed by atoms with E-state index in [0.717, 1.165) is 17.5 Å². The Morgan fingerprint density at radius 1 is 1.41 bits per heavy atom. The molecule has 17 heavy (non-hydrogen) atoms. The summed E-state index contributed by atoms with van der Waals surface area (Å²) in [5, 5.41) is 7.04. The first-order valence-corrected chi connectivity index (χ1v) is 6.02. The molecule has 0 aliphatic heterocycles. The number of benzene rings is 1. The normalized spacial score (nSPS) is 12.4. The highest BCUT2D eigenvalue weighted by atomic mass is 35.5. The third kappa shape index (κ3) is 3.93. The smallest absolute Gasteiger partial charge is 0.190 e. The Kier molecular flexibility index (Phi) is 4.82. The molecule has 0 amide bonds. The van der Waals surface area contributed by atoms with Gasteiger partial charge in [-0.3, -0.25) is 4.99 Å². The highest BCUT2D eigenvalue weighted by Crippen LogP contribution is 2.24. The zero-order valence-corrected chi connectivity index (χ0v) is 11.6. The standard InChI is InChI=1S/C13H20ClN3/c1-13(2,9-17-12(15-3)16-4)10-6-5-7-11(14)8-10/h5-8H,9H2,1-4H3,(H2,15,16,17). The van der Waals surface area contributed by atoms with Crippen molar-refractivity contribution in [3.05, 3.63) is 34.9 Å². The van der Waals surface area contributed by atoms with E-state index in [4.69, 9.17) is 11.6 Å². The number of guanidine groups is 1. The molecule has 4 heteroatoms. The van der Waals surface area contributed by atoms with Gasteiger partial charge in [-0.05, 0) is 17.7 Å². The minimum Gasteiger partial charge on any atom is -0.359 e. The highest BCUT2D eigenvalue weighted by Gasteiger charge is 2.20. The van der Waals surface area contributed by atoms with Gasteiger partial charge in [0, 0.05) is 31.1 Å². The van der Waals surface area contributed by atoms with Gasteiger partial charge in [-0.15, -0.1) is 0 Å². The summed E-state index contributed by atoms with van der Waals surface area (Å²) in [7, 11) is 3.60. The lowest BCUT2D eigenvalue weighted by Gasteiger charge is -2.26. The Morgan fingerprint density at radius 2 is 2.12 bits per heavy atom. The Bertz CT molecular complexity index is 399. The van der Waals surface area contributed by atoms with Crippen LogP contribution in [0, 0.1) is 0 Å². The molecule has 0 saturated carbocycles. The van der Waals surface area contributed by atoms with Crippen LogP contribution in [-0.2, 0) is 5.41 Å². The summed E-state index contributed by atoms with van der Waals surface area (Å²) >= 11 is 6.01. The molecule has 3 nitrogen and oxygen atoms in total. The van der Waals surface area contributed by atoms with E-state index in [1.54, 1.807) is 7.05 Å². The molecule has 0 fully saturated rings. The summed E-state index contributed by atoms with van der Waals surface area (Å²) in [6, 6.07) is 7.97. The van der Waals surface area contributed by atoms with Crippen molar-refractivity contribution in [2.45, 2.75) is 19.3 Å². The molecule has 0 radical (unpaired) electrons. The summed E-state index contributed by atoms with van der Waals surface area (Å²) in [6.07, 6.45) is 0. The molecular weight excluding hydrogens is 234 g/mol. The molecule has 94 valence electrons. The zero-order valence-electron chi connectivity index (χ0n) is 10.8. The van der Waals surface area contributed by atoms with Crippen LogP contribution in [0.5, 0.6) is 0 Å². The maximum Gasteiger partial charge on any atom is 0.190 e. The van der Waals surface area contributed by atoms with Gasteiger partial charge in [-0.1, -0.05) is 37.6 Å². The highest BCUT2D eigenvalue weighted by molar-refractivity contribution is 6.30. The minimum atomic E-state index is -0.00229. The SMILES string of the molecule is CN=C(NC)NCC(C)(C)c1cccc(Cl)c1. The number of rotatable bonds is 3. The lowest BCUT2D eigenvalue weighted by Crippen LogP contribution is -2.42. The molecule has 0 bridgehead atoms. The molecule has 0 aromatic heterocycles. The monoisotopic (exact) mass is 253 g/mol. The van der Waals surface area contributed by atoms with Crippen molar-refractivity contribution in [3.8, 4) is 0 Å². The topological polar surface area (TPSA) is 36.4 Å². The summed E-state index contributed by atoms with van der Waals surface area (Å²) in [5.41, 5.74) is 1.21. The Morgan fingerprint density at radius 3 is 2.65 bits per heavy atom. The molecule has 1 aromatic rings. The predicted octanol–water partition coefficient (Wildman–Crippen LogP) is 2.41. The lowest BCUT2D eigenvalue weighted by atomic mass is 9.84. The molecule has 0 spiro atoms. The van der Waals surface area contributed by atoms with Crippen molar-refractivity contribution in [1.82, 2.24) is 10.6 Å². The fourth-order valence-corrected chi connectivity index (χ4v) is 1.79. The minimum absolute atomic E-state index is 0.00229. The number of nitrogens with one attached hydrogen (secondary N) is 2. The Hall–Kier alpha value is -1.22. The van der Waals surface area contributed by atoms with E-state index >= 15 is 0 Å². The van der Waals surface area contributed by atoms with Crippen LogP contribution in [0.2, 0.25) is 5.02 Å². The third-order valence-electron chi connectivity index (χ3n) is 2.76. The van der Waals surface area contributed by atoms with E-state index in [0.29, 0.717) is 0 Å². The van der Waals surface area contributed by atoms with E-state index in [1.165, 1.54) is 5.56 Å². The molecule has 1 aromatic carbocycles. The van der Waals surface area contributed by atoms with E-state index in [-0.39, 0.29) is 5.41 Å². The predicted molar refractivity (Wildman–Crippen MR) is 74.9 cm³/mol. The number of aliphatic imine (C=N–C) groups is 1. The van der Waals surface area contributed by atoms with Gasteiger partial charge in [0.1, 0.15) is 0 Å². The maximum atomic E-state index is 6.01. The number of halogens is 1. The fraction of sp³-hybridized carbons (Fsp3) is 0.462. The average molecular weight is 254 g/mol. The first-order chi connectivity index (χ1) is 7.99. The molecule has 0 atom stereocenters. The quantitative estimate of drug-likeness (QED) is 0.641. The van der Waals surface area contributed by atoms with Crippen molar-refractivity contribution >= 4 is 17.6 Å². The fourth-order valence-electron chi connectivity index (χ4n) is 1.60. The Balaban J connectivity index is 2.75. The van der Waals surface area contributed by atoms with E-state index in [2.05, 4.69) is 35.5 Å². The largest absolute Gasteiger partial charge is 0.359 e. The maximum absolute atomic E-state index is 6.01. The molecular formula is C13H20ClN3. The van der Waals surface area contributed by atoms with Crippen LogP contribution < -0.4 is 10.6 Å². The first-order valence-electron chi connectivity index (χ1n) is 5.64. The van der Waals surface area contributed by atoms with Gasteiger partial charge in [-0.25, -0.2) is 0 Å². The van der Waals surface area contributed by atoms with Gasteiger partial charge < -0.3 is 10.6 Å². The molecule has 0 heterocycles. The van der Waals surface area contributed by atoms with E-state index in [1.807, 2.05) is 25.2 Å². The van der Waals surface area contributed by atoms with E-state index in [9.17, 15) is 0 Å². The van der Waals surface area contributed by atoms with Crippen LogP contribution in [0.25, 0.3) is 0 Å². The molecule has 0 unspecified atom stereocenters.